The number of rotatable bonds is 3. The molecule has 0 unspecified atom stereocenters. The lowest BCUT2D eigenvalue weighted by molar-refractivity contribution is -0.136. The van der Waals surface area contributed by atoms with Gasteiger partial charge in [0.2, 0.25) is 0 Å². The van der Waals surface area contributed by atoms with Crippen LogP contribution >= 0.6 is 0 Å². The van der Waals surface area contributed by atoms with Crippen molar-refractivity contribution in [2.75, 3.05) is 20.1 Å². The molecule has 1 aromatic rings. The minimum Gasteiger partial charge on any atom is -0.481 e. The lowest BCUT2D eigenvalue weighted by atomic mass is 10.1. The number of aliphatic carboxylic acids is 1. The van der Waals surface area contributed by atoms with Gasteiger partial charge in [-0.25, -0.2) is 4.98 Å². The van der Waals surface area contributed by atoms with Crippen LogP contribution < -0.4 is 0 Å². The molecule has 2 rings (SSSR count). The maximum Gasteiger partial charge on any atom is 0.309 e. The molecular formula is C9H13N3O2. The summed E-state index contributed by atoms with van der Waals surface area (Å²) in [5.74, 6) is -0.806. The van der Waals surface area contributed by atoms with Gasteiger partial charge in [-0.3, -0.25) is 4.79 Å². The lowest BCUT2D eigenvalue weighted by Crippen LogP contribution is -2.45. The van der Waals surface area contributed by atoms with Crippen LogP contribution in [0.15, 0.2) is 12.5 Å². The highest BCUT2D eigenvalue weighted by Crippen LogP contribution is 2.20. The summed E-state index contributed by atoms with van der Waals surface area (Å²) in [5, 5.41) is 8.68. The van der Waals surface area contributed by atoms with Gasteiger partial charge >= 0.3 is 5.97 Å². The Morgan fingerprint density at radius 3 is 3.00 bits per heavy atom. The topological polar surface area (TPSA) is 58.4 Å². The molecule has 0 amide bonds. The van der Waals surface area contributed by atoms with Crippen molar-refractivity contribution in [1.82, 2.24) is 14.5 Å². The van der Waals surface area contributed by atoms with Crippen molar-refractivity contribution in [3.05, 3.63) is 18.2 Å². The third-order valence-electron chi connectivity index (χ3n) is 2.52. The van der Waals surface area contributed by atoms with Crippen molar-refractivity contribution in [2.45, 2.75) is 12.5 Å². The fourth-order valence-corrected chi connectivity index (χ4v) is 1.79. The Bertz CT molecular complexity index is 342. The molecule has 0 bridgehead atoms. The molecule has 0 spiro atoms. The van der Waals surface area contributed by atoms with E-state index in [2.05, 4.69) is 9.88 Å². The second-order valence-corrected chi connectivity index (χ2v) is 3.74. The Kier molecular flexibility index (Phi) is 2.25. The SMILES string of the molecule is CN1CC(n2cncc2CC(=O)O)C1. The summed E-state index contributed by atoms with van der Waals surface area (Å²) in [5.41, 5.74) is 0.788. The van der Waals surface area contributed by atoms with E-state index in [-0.39, 0.29) is 6.42 Å². The van der Waals surface area contributed by atoms with Gasteiger partial charge in [0.15, 0.2) is 0 Å². The molecule has 5 heteroatoms. The third-order valence-corrected chi connectivity index (χ3v) is 2.52. The summed E-state index contributed by atoms with van der Waals surface area (Å²) in [6.45, 7) is 1.95. The molecule has 1 fully saturated rings. The van der Waals surface area contributed by atoms with E-state index in [0.717, 1.165) is 18.8 Å². The molecule has 0 aromatic carbocycles. The zero-order valence-electron chi connectivity index (χ0n) is 8.05. The minimum absolute atomic E-state index is 0.0558. The van der Waals surface area contributed by atoms with E-state index in [1.165, 1.54) is 0 Å². The molecule has 1 aliphatic rings. The number of carbonyl (C=O) groups is 1. The number of likely N-dealkylation sites (N-methyl/N-ethyl adjacent to an activating group) is 1. The number of aromatic nitrogens is 2. The average molecular weight is 195 g/mol. The Morgan fingerprint density at radius 2 is 2.43 bits per heavy atom. The molecule has 1 N–H and O–H groups in total. The van der Waals surface area contributed by atoms with E-state index >= 15 is 0 Å². The number of hydrogen-bond donors (Lipinski definition) is 1. The standard InChI is InChI=1S/C9H13N3O2/c1-11-4-8(5-11)12-6-10-3-7(12)2-9(13)14/h3,6,8H,2,4-5H2,1H3,(H,13,14). The predicted octanol–water partition coefficient (Wildman–Crippen LogP) is -0.00330. The molecule has 0 radical (unpaired) electrons. The highest BCUT2D eigenvalue weighted by atomic mass is 16.4. The first-order valence-corrected chi connectivity index (χ1v) is 4.58. The van der Waals surface area contributed by atoms with Gasteiger partial charge in [-0.15, -0.1) is 0 Å². The summed E-state index contributed by atoms with van der Waals surface area (Å²) >= 11 is 0. The maximum absolute atomic E-state index is 10.6. The van der Waals surface area contributed by atoms with Crippen LogP contribution in [0.25, 0.3) is 0 Å². The van der Waals surface area contributed by atoms with E-state index in [4.69, 9.17) is 5.11 Å². The fraction of sp³-hybridized carbons (Fsp3) is 0.556. The molecule has 76 valence electrons. The number of carboxylic acid groups (broad SMARTS) is 1. The van der Waals surface area contributed by atoms with E-state index in [1.807, 2.05) is 11.6 Å². The molecule has 0 atom stereocenters. The minimum atomic E-state index is -0.806. The fourth-order valence-electron chi connectivity index (χ4n) is 1.79. The Balaban J connectivity index is 2.10. The quantitative estimate of drug-likeness (QED) is 0.737. The molecule has 2 heterocycles. The van der Waals surface area contributed by atoms with E-state index in [1.54, 1.807) is 12.5 Å². The zero-order valence-corrected chi connectivity index (χ0v) is 8.05. The molecule has 1 aromatic heterocycles. The molecule has 1 aliphatic heterocycles. The summed E-state index contributed by atoms with van der Waals surface area (Å²) in [7, 11) is 2.05. The van der Waals surface area contributed by atoms with Crippen LogP contribution in [0.3, 0.4) is 0 Å². The second kappa shape index (κ2) is 3.42. The summed E-state index contributed by atoms with van der Waals surface area (Å²) in [6, 6.07) is 0.400. The first-order chi connectivity index (χ1) is 6.66. The first kappa shape index (κ1) is 9.21. The van der Waals surface area contributed by atoms with Crippen molar-refractivity contribution in [2.24, 2.45) is 0 Å². The van der Waals surface area contributed by atoms with Crippen LogP contribution in [-0.4, -0.2) is 45.7 Å². The molecule has 0 aliphatic carbocycles. The van der Waals surface area contributed by atoms with Gasteiger partial charge in [-0.05, 0) is 7.05 Å². The highest BCUT2D eigenvalue weighted by molar-refractivity contribution is 5.69. The number of carboxylic acids is 1. The third kappa shape index (κ3) is 1.63. The van der Waals surface area contributed by atoms with Crippen LogP contribution in [0, 0.1) is 0 Å². The Labute approximate surface area is 82.0 Å². The number of hydrogen-bond acceptors (Lipinski definition) is 3. The van der Waals surface area contributed by atoms with Gasteiger partial charge < -0.3 is 14.6 Å². The van der Waals surface area contributed by atoms with Gasteiger partial charge in [-0.1, -0.05) is 0 Å². The summed E-state index contributed by atoms with van der Waals surface area (Å²) in [4.78, 5) is 16.7. The predicted molar refractivity (Wildman–Crippen MR) is 50.1 cm³/mol. The molecule has 1 saturated heterocycles. The molecule has 5 nitrogen and oxygen atoms in total. The molecule has 14 heavy (non-hydrogen) atoms. The van der Waals surface area contributed by atoms with Crippen LogP contribution in [-0.2, 0) is 11.2 Å². The molecular weight excluding hydrogens is 182 g/mol. The maximum atomic E-state index is 10.6. The van der Waals surface area contributed by atoms with Crippen LogP contribution in [0.1, 0.15) is 11.7 Å². The normalized spacial score (nSPS) is 18.1. The van der Waals surface area contributed by atoms with E-state index < -0.39 is 5.97 Å². The summed E-state index contributed by atoms with van der Waals surface area (Å²) in [6.07, 6.45) is 3.41. The second-order valence-electron chi connectivity index (χ2n) is 3.74. The van der Waals surface area contributed by atoms with Gasteiger partial charge in [0, 0.05) is 25.0 Å². The number of imidazole rings is 1. The smallest absolute Gasteiger partial charge is 0.309 e. The Hall–Kier alpha value is -1.36. The lowest BCUT2D eigenvalue weighted by Gasteiger charge is -2.37. The van der Waals surface area contributed by atoms with Crippen molar-refractivity contribution in [1.29, 1.82) is 0 Å². The first-order valence-electron chi connectivity index (χ1n) is 4.58. The number of likely N-dealkylation sites (tertiary alicyclic amines) is 1. The van der Waals surface area contributed by atoms with Crippen molar-refractivity contribution >= 4 is 5.97 Å². The van der Waals surface area contributed by atoms with Crippen molar-refractivity contribution < 1.29 is 9.90 Å². The monoisotopic (exact) mass is 195 g/mol. The van der Waals surface area contributed by atoms with Gasteiger partial charge in [0.05, 0.1) is 18.8 Å². The highest BCUT2D eigenvalue weighted by Gasteiger charge is 2.26. The van der Waals surface area contributed by atoms with Gasteiger partial charge in [0.1, 0.15) is 0 Å². The Morgan fingerprint density at radius 1 is 1.71 bits per heavy atom. The number of nitrogens with zero attached hydrogens (tertiary/aromatic N) is 3. The average Bonchev–Trinajstić information content (AvgIpc) is 2.45. The van der Waals surface area contributed by atoms with E-state index in [0.29, 0.717) is 6.04 Å². The van der Waals surface area contributed by atoms with Crippen LogP contribution in [0.5, 0.6) is 0 Å². The van der Waals surface area contributed by atoms with Crippen LogP contribution in [0.2, 0.25) is 0 Å². The van der Waals surface area contributed by atoms with Crippen LogP contribution in [0.4, 0.5) is 0 Å². The summed E-state index contributed by atoms with van der Waals surface area (Å²) < 4.78 is 1.97. The zero-order chi connectivity index (χ0) is 10.1. The van der Waals surface area contributed by atoms with E-state index in [9.17, 15) is 4.79 Å². The van der Waals surface area contributed by atoms with Crippen molar-refractivity contribution in [3.63, 3.8) is 0 Å². The largest absolute Gasteiger partial charge is 0.481 e. The van der Waals surface area contributed by atoms with Gasteiger partial charge in [0.25, 0.3) is 0 Å². The molecule has 0 saturated carbocycles. The van der Waals surface area contributed by atoms with Gasteiger partial charge in [-0.2, -0.15) is 0 Å². The van der Waals surface area contributed by atoms with Crippen molar-refractivity contribution in [3.8, 4) is 0 Å².